The van der Waals surface area contributed by atoms with Crippen molar-refractivity contribution in [2.75, 3.05) is 25.3 Å². The van der Waals surface area contributed by atoms with Gasteiger partial charge in [0, 0.05) is 24.8 Å². The standard InChI is InChI=1S/C8H17ClOS/c1-8(7-9)11-6-4-3-5-10-2/h8H,3-7H2,1-2H3. The van der Waals surface area contributed by atoms with Crippen molar-refractivity contribution in [2.24, 2.45) is 0 Å². The second-order valence-electron chi connectivity index (χ2n) is 2.54. The van der Waals surface area contributed by atoms with Crippen LogP contribution in [0.5, 0.6) is 0 Å². The Kier molecular flexibility index (Phi) is 9.17. The molecule has 0 radical (unpaired) electrons. The van der Waals surface area contributed by atoms with E-state index in [0.717, 1.165) is 12.5 Å². The van der Waals surface area contributed by atoms with Crippen LogP contribution in [-0.4, -0.2) is 30.6 Å². The van der Waals surface area contributed by atoms with E-state index >= 15 is 0 Å². The zero-order valence-corrected chi connectivity index (χ0v) is 8.88. The van der Waals surface area contributed by atoms with E-state index in [0.29, 0.717) is 5.25 Å². The summed E-state index contributed by atoms with van der Waals surface area (Å²) in [6.45, 7) is 3.05. The molecule has 0 aliphatic heterocycles. The monoisotopic (exact) mass is 196 g/mol. The summed E-state index contributed by atoms with van der Waals surface area (Å²) in [6, 6.07) is 0. The fourth-order valence-electron chi connectivity index (χ4n) is 0.678. The second kappa shape index (κ2) is 8.69. The van der Waals surface area contributed by atoms with Crippen LogP contribution in [0.3, 0.4) is 0 Å². The van der Waals surface area contributed by atoms with Gasteiger partial charge in [0.2, 0.25) is 0 Å². The van der Waals surface area contributed by atoms with Crippen molar-refractivity contribution in [1.29, 1.82) is 0 Å². The van der Waals surface area contributed by atoms with Crippen LogP contribution in [-0.2, 0) is 4.74 Å². The lowest BCUT2D eigenvalue weighted by atomic mass is 10.4. The molecule has 0 aromatic rings. The van der Waals surface area contributed by atoms with E-state index in [9.17, 15) is 0 Å². The zero-order chi connectivity index (χ0) is 8.53. The molecule has 0 amide bonds. The highest BCUT2D eigenvalue weighted by atomic mass is 35.5. The second-order valence-corrected chi connectivity index (χ2v) is 4.39. The minimum absolute atomic E-state index is 0.596. The maximum Gasteiger partial charge on any atom is 0.0462 e. The Morgan fingerprint density at radius 3 is 2.73 bits per heavy atom. The molecule has 1 nitrogen and oxygen atoms in total. The highest BCUT2D eigenvalue weighted by Gasteiger charge is 1.98. The first-order valence-corrected chi connectivity index (χ1v) is 5.56. The molecule has 0 heterocycles. The van der Waals surface area contributed by atoms with Crippen molar-refractivity contribution in [2.45, 2.75) is 25.0 Å². The Morgan fingerprint density at radius 2 is 2.18 bits per heavy atom. The quantitative estimate of drug-likeness (QED) is 0.458. The van der Waals surface area contributed by atoms with Gasteiger partial charge in [0.05, 0.1) is 0 Å². The van der Waals surface area contributed by atoms with Crippen molar-refractivity contribution in [3.8, 4) is 0 Å². The Balaban J connectivity index is 2.89. The lowest BCUT2D eigenvalue weighted by Gasteiger charge is -2.05. The number of hydrogen-bond acceptors (Lipinski definition) is 2. The average molecular weight is 197 g/mol. The van der Waals surface area contributed by atoms with Gasteiger partial charge in [-0.15, -0.1) is 11.6 Å². The summed E-state index contributed by atoms with van der Waals surface area (Å²) in [7, 11) is 1.74. The summed E-state index contributed by atoms with van der Waals surface area (Å²) in [4.78, 5) is 0. The van der Waals surface area contributed by atoms with E-state index in [1.165, 1.54) is 18.6 Å². The number of hydrogen-bond donors (Lipinski definition) is 0. The van der Waals surface area contributed by atoms with Crippen LogP contribution < -0.4 is 0 Å². The van der Waals surface area contributed by atoms with E-state index in [1.54, 1.807) is 7.11 Å². The third-order valence-corrected chi connectivity index (χ3v) is 3.27. The highest BCUT2D eigenvalue weighted by Crippen LogP contribution is 2.13. The molecule has 0 N–H and O–H groups in total. The first-order valence-electron chi connectivity index (χ1n) is 3.97. The van der Waals surface area contributed by atoms with Gasteiger partial charge in [-0.05, 0) is 18.6 Å². The maximum absolute atomic E-state index is 5.65. The lowest BCUT2D eigenvalue weighted by Crippen LogP contribution is -1.99. The van der Waals surface area contributed by atoms with E-state index in [4.69, 9.17) is 16.3 Å². The van der Waals surface area contributed by atoms with Gasteiger partial charge in [0.15, 0.2) is 0 Å². The largest absolute Gasteiger partial charge is 0.385 e. The van der Waals surface area contributed by atoms with Gasteiger partial charge in [-0.3, -0.25) is 0 Å². The SMILES string of the molecule is COCCCCSC(C)CCl. The van der Waals surface area contributed by atoms with Crippen LogP contribution in [0.25, 0.3) is 0 Å². The molecule has 0 saturated carbocycles. The van der Waals surface area contributed by atoms with E-state index in [2.05, 4.69) is 6.92 Å². The van der Waals surface area contributed by atoms with Gasteiger partial charge in [-0.2, -0.15) is 11.8 Å². The number of rotatable bonds is 7. The van der Waals surface area contributed by atoms with Crippen molar-refractivity contribution in [3.05, 3.63) is 0 Å². The topological polar surface area (TPSA) is 9.23 Å². The van der Waals surface area contributed by atoms with Crippen LogP contribution in [0.15, 0.2) is 0 Å². The Labute approximate surface area is 78.8 Å². The molecule has 0 aliphatic rings. The number of unbranched alkanes of at least 4 members (excludes halogenated alkanes) is 1. The van der Waals surface area contributed by atoms with E-state index in [-0.39, 0.29) is 0 Å². The number of alkyl halides is 1. The van der Waals surface area contributed by atoms with Gasteiger partial charge in [-0.1, -0.05) is 6.92 Å². The van der Waals surface area contributed by atoms with Crippen LogP contribution in [0.1, 0.15) is 19.8 Å². The normalized spacial score (nSPS) is 13.4. The molecule has 11 heavy (non-hydrogen) atoms. The van der Waals surface area contributed by atoms with Crippen LogP contribution in [0, 0.1) is 0 Å². The summed E-state index contributed by atoms with van der Waals surface area (Å²) in [5, 5.41) is 0.596. The van der Waals surface area contributed by atoms with Crippen LogP contribution in [0.2, 0.25) is 0 Å². The molecule has 0 bridgehead atoms. The van der Waals surface area contributed by atoms with Crippen LogP contribution in [0.4, 0.5) is 0 Å². The summed E-state index contributed by atoms with van der Waals surface area (Å²) >= 11 is 7.59. The minimum Gasteiger partial charge on any atom is -0.385 e. The fraction of sp³-hybridized carbons (Fsp3) is 1.00. The van der Waals surface area contributed by atoms with Gasteiger partial charge >= 0.3 is 0 Å². The van der Waals surface area contributed by atoms with E-state index < -0.39 is 0 Å². The molecule has 0 aromatic heterocycles. The molecule has 0 aromatic carbocycles. The lowest BCUT2D eigenvalue weighted by molar-refractivity contribution is 0.194. The smallest absolute Gasteiger partial charge is 0.0462 e. The Morgan fingerprint density at radius 1 is 1.45 bits per heavy atom. The van der Waals surface area contributed by atoms with Crippen molar-refractivity contribution < 1.29 is 4.74 Å². The van der Waals surface area contributed by atoms with Crippen LogP contribution >= 0.6 is 23.4 Å². The minimum atomic E-state index is 0.596. The summed E-state index contributed by atoms with van der Waals surface area (Å²) in [6.07, 6.45) is 2.40. The van der Waals surface area contributed by atoms with E-state index in [1.807, 2.05) is 11.8 Å². The number of thioether (sulfide) groups is 1. The number of ether oxygens (including phenoxy) is 1. The molecule has 1 atom stereocenters. The predicted octanol–water partition coefficient (Wildman–Crippen LogP) is 2.77. The highest BCUT2D eigenvalue weighted by molar-refractivity contribution is 7.99. The average Bonchev–Trinajstić information content (AvgIpc) is 2.04. The molecule has 0 rings (SSSR count). The van der Waals surface area contributed by atoms with Crippen molar-refractivity contribution in [1.82, 2.24) is 0 Å². The molecule has 0 fully saturated rings. The molecule has 68 valence electrons. The number of halogens is 1. The van der Waals surface area contributed by atoms with Crippen molar-refractivity contribution in [3.63, 3.8) is 0 Å². The Bertz CT molecular complexity index is 80.5. The number of methoxy groups -OCH3 is 1. The molecule has 0 saturated heterocycles. The molecule has 1 unspecified atom stereocenters. The molecular weight excluding hydrogens is 180 g/mol. The predicted molar refractivity (Wildman–Crippen MR) is 53.8 cm³/mol. The molecule has 0 spiro atoms. The van der Waals surface area contributed by atoms with Gasteiger partial charge in [0.1, 0.15) is 0 Å². The van der Waals surface area contributed by atoms with Gasteiger partial charge in [-0.25, -0.2) is 0 Å². The first-order chi connectivity index (χ1) is 5.31. The zero-order valence-electron chi connectivity index (χ0n) is 7.31. The van der Waals surface area contributed by atoms with Crippen molar-refractivity contribution >= 4 is 23.4 Å². The summed E-state index contributed by atoms with van der Waals surface area (Å²) in [5.41, 5.74) is 0. The summed E-state index contributed by atoms with van der Waals surface area (Å²) in [5.74, 6) is 1.96. The third kappa shape index (κ3) is 8.51. The van der Waals surface area contributed by atoms with Gasteiger partial charge < -0.3 is 4.74 Å². The molecular formula is C8H17ClOS. The Hall–Kier alpha value is 0.600. The fourth-order valence-corrected chi connectivity index (χ4v) is 1.81. The first kappa shape index (κ1) is 11.6. The summed E-state index contributed by atoms with van der Waals surface area (Å²) < 4.78 is 4.94. The van der Waals surface area contributed by atoms with Gasteiger partial charge in [0.25, 0.3) is 0 Å². The third-order valence-electron chi connectivity index (χ3n) is 1.36. The maximum atomic E-state index is 5.65. The molecule has 3 heteroatoms. The molecule has 0 aliphatic carbocycles.